The summed E-state index contributed by atoms with van der Waals surface area (Å²) in [5.74, 6) is -0.533. The minimum atomic E-state index is -0.834. The first-order chi connectivity index (χ1) is 12.4. The monoisotopic (exact) mass is 359 g/mol. The lowest BCUT2D eigenvalue weighted by Gasteiger charge is -2.38. The number of aromatic amines is 2. The number of carbonyl (C=O) groups is 1. The normalized spacial score (nSPS) is 17.2. The third-order valence-corrected chi connectivity index (χ3v) is 4.94. The average Bonchev–Trinajstić information content (AvgIpc) is 2.98. The van der Waals surface area contributed by atoms with E-state index >= 15 is 0 Å². The maximum Gasteiger partial charge on any atom is 0.356 e. The summed E-state index contributed by atoms with van der Waals surface area (Å²) in [4.78, 5) is 30.9. The van der Waals surface area contributed by atoms with Gasteiger partial charge in [0.15, 0.2) is 0 Å². The predicted octanol–water partition coefficient (Wildman–Crippen LogP) is 1.67. The molecule has 2 heterocycles. The molecule has 3 N–H and O–H groups in total. The van der Waals surface area contributed by atoms with Gasteiger partial charge in [0, 0.05) is 19.6 Å². The molecule has 3 rings (SSSR count). The molecule has 1 aliphatic rings. The summed E-state index contributed by atoms with van der Waals surface area (Å²) in [6.45, 7) is 5.75. The molecule has 0 spiro atoms. The number of nitrogens with one attached hydrogen (secondary N) is 2. The van der Waals surface area contributed by atoms with E-state index < -0.39 is 17.3 Å². The summed E-state index contributed by atoms with van der Waals surface area (Å²) in [6, 6.07) is 7.98. The van der Waals surface area contributed by atoms with Crippen molar-refractivity contribution in [1.29, 1.82) is 0 Å². The van der Waals surface area contributed by atoms with Gasteiger partial charge in [-0.1, -0.05) is 29.8 Å². The lowest BCUT2D eigenvalue weighted by atomic mass is 9.84. The number of hydrogen-bond acceptors (Lipinski definition) is 5. The summed E-state index contributed by atoms with van der Waals surface area (Å²) < 4.78 is 4.98. The Morgan fingerprint density at radius 2 is 1.88 bits per heavy atom. The summed E-state index contributed by atoms with van der Waals surface area (Å²) in [7, 11) is 0. The molecule has 0 amide bonds. The van der Waals surface area contributed by atoms with Gasteiger partial charge in [0.25, 0.3) is 0 Å². The number of likely N-dealkylation sites (tertiary alicyclic amines) is 1. The van der Waals surface area contributed by atoms with Crippen LogP contribution < -0.4 is 5.69 Å². The Hall–Kier alpha value is -2.38. The molecule has 1 saturated heterocycles. The second-order valence-corrected chi connectivity index (χ2v) is 6.83. The molecule has 0 saturated carbocycles. The highest BCUT2D eigenvalue weighted by atomic mass is 16.5. The van der Waals surface area contributed by atoms with Crippen LogP contribution in [0.2, 0.25) is 0 Å². The Balaban J connectivity index is 1.67. The van der Waals surface area contributed by atoms with Gasteiger partial charge in [-0.3, -0.25) is 9.88 Å². The number of H-pyrrole nitrogens is 2. The number of aliphatic hydroxyl groups is 1. The van der Waals surface area contributed by atoms with E-state index in [0.29, 0.717) is 38.2 Å². The Morgan fingerprint density at radius 1 is 1.23 bits per heavy atom. The molecule has 7 heteroatoms. The van der Waals surface area contributed by atoms with Crippen molar-refractivity contribution in [2.75, 3.05) is 19.7 Å². The second-order valence-electron chi connectivity index (χ2n) is 6.83. The van der Waals surface area contributed by atoms with Crippen LogP contribution in [0.15, 0.2) is 29.1 Å². The molecule has 26 heavy (non-hydrogen) atoms. The van der Waals surface area contributed by atoms with Crippen LogP contribution in [0.1, 0.15) is 47.1 Å². The van der Waals surface area contributed by atoms with Crippen LogP contribution in [0.5, 0.6) is 0 Å². The van der Waals surface area contributed by atoms with E-state index in [1.165, 1.54) is 0 Å². The van der Waals surface area contributed by atoms with Crippen molar-refractivity contribution in [3.8, 4) is 0 Å². The topological polar surface area (TPSA) is 98.4 Å². The molecule has 1 fully saturated rings. The highest BCUT2D eigenvalue weighted by Crippen LogP contribution is 2.33. The smallest absolute Gasteiger partial charge is 0.356 e. The lowest BCUT2D eigenvalue weighted by Crippen LogP contribution is -2.42. The third-order valence-electron chi connectivity index (χ3n) is 4.94. The summed E-state index contributed by atoms with van der Waals surface area (Å²) in [5, 5.41) is 11.0. The number of carbonyl (C=O) groups excluding carboxylic acids is 1. The highest BCUT2D eigenvalue weighted by molar-refractivity contribution is 5.88. The Labute approximate surface area is 152 Å². The van der Waals surface area contributed by atoms with Gasteiger partial charge in [-0.15, -0.1) is 0 Å². The minimum absolute atomic E-state index is 0.177. The van der Waals surface area contributed by atoms with E-state index in [0.717, 1.165) is 11.1 Å². The van der Waals surface area contributed by atoms with Crippen molar-refractivity contribution in [2.45, 2.75) is 38.8 Å². The first-order valence-corrected chi connectivity index (χ1v) is 8.91. The van der Waals surface area contributed by atoms with E-state index in [9.17, 15) is 14.7 Å². The number of nitrogens with zero attached hydrogens (tertiary/aromatic N) is 1. The lowest BCUT2D eigenvalue weighted by molar-refractivity contribution is -0.0280. The SMILES string of the molecule is CCOC(=O)c1[nH]c(=O)[nH]c1CN1CCC(O)(c2ccc(C)cc2)CC1. The molecule has 0 atom stereocenters. The zero-order chi connectivity index (χ0) is 18.7. The van der Waals surface area contributed by atoms with Crippen LogP contribution in [0.25, 0.3) is 0 Å². The standard InChI is InChI=1S/C19H25N3O4/c1-3-26-17(23)16-15(20-18(24)21-16)12-22-10-8-19(25,9-11-22)14-6-4-13(2)5-7-14/h4-7,25H,3,8-12H2,1-2H3,(H2,20,21,24). The summed E-state index contributed by atoms with van der Waals surface area (Å²) >= 11 is 0. The molecule has 0 aliphatic carbocycles. The fourth-order valence-electron chi connectivity index (χ4n) is 3.37. The van der Waals surface area contributed by atoms with Crippen LogP contribution in [0.3, 0.4) is 0 Å². The van der Waals surface area contributed by atoms with Crippen molar-refractivity contribution in [1.82, 2.24) is 14.9 Å². The van der Waals surface area contributed by atoms with Gasteiger partial charge in [-0.25, -0.2) is 9.59 Å². The Bertz CT molecular complexity index is 814. The molecule has 1 aromatic carbocycles. The van der Waals surface area contributed by atoms with Crippen molar-refractivity contribution in [2.24, 2.45) is 0 Å². The zero-order valence-electron chi connectivity index (χ0n) is 15.2. The molecule has 0 unspecified atom stereocenters. The quantitative estimate of drug-likeness (QED) is 0.706. The number of imidazole rings is 1. The Kier molecular flexibility index (Phi) is 5.29. The molecule has 0 bridgehead atoms. The number of ether oxygens (including phenoxy) is 1. The number of aromatic nitrogens is 2. The number of piperidine rings is 1. The molecule has 140 valence electrons. The first kappa shape index (κ1) is 18.4. The number of esters is 1. The summed E-state index contributed by atoms with van der Waals surface area (Å²) in [6.07, 6.45) is 1.19. The molecule has 1 aliphatic heterocycles. The van der Waals surface area contributed by atoms with E-state index in [1.54, 1.807) is 6.92 Å². The van der Waals surface area contributed by atoms with Gasteiger partial charge >= 0.3 is 11.7 Å². The van der Waals surface area contributed by atoms with Gasteiger partial charge in [0.2, 0.25) is 0 Å². The van der Waals surface area contributed by atoms with Gasteiger partial charge in [0.1, 0.15) is 5.69 Å². The number of hydrogen-bond donors (Lipinski definition) is 3. The third kappa shape index (κ3) is 3.89. The van der Waals surface area contributed by atoms with E-state index in [1.807, 2.05) is 31.2 Å². The van der Waals surface area contributed by atoms with Gasteiger partial charge in [-0.2, -0.15) is 0 Å². The van der Waals surface area contributed by atoms with Crippen LogP contribution in [0, 0.1) is 6.92 Å². The van der Waals surface area contributed by atoms with Crippen molar-refractivity contribution in [3.05, 3.63) is 57.3 Å². The fraction of sp³-hybridized carbons (Fsp3) is 0.474. The van der Waals surface area contributed by atoms with Crippen LogP contribution in [-0.2, 0) is 16.9 Å². The minimum Gasteiger partial charge on any atom is -0.461 e. The van der Waals surface area contributed by atoms with Crippen molar-refractivity contribution >= 4 is 5.97 Å². The van der Waals surface area contributed by atoms with Gasteiger partial charge in [-0.05, 0) is 32.3 Å². The Morgan fingerprint density at radius 3 is 2.50 bits per heavy atom. The maximum absolute atomic E-state index is 12.0. The van der Waals surface area contributed by atoms with Gasteiger partial charge in [0.05, 0.1) is 17.9 Å². The van der Waals surface area contributed by atoms with Gasteiger partial charge < -0.3 is 14.8 Å². The molecular formula is C19H25N3O4. The average molecular weight is 359 g/mol. The molecule has 2 aromatic rings. The molecule has 7 nitrogen and oxygen atoms in total. The molecule has 1 aromatic heterocycles. The van der Waals surface area contributed by atoms with Crippen molar-refractivity contribution in [3.63, 3.8) is 0 Å². The molecular weight excluding hydrogens is 334 g/mol. The maximum atomic E-state index is 12.0. The number of rotatable bonds is 5. The van der Waals surface area contributed by atoms with E-state index in [4.69, 9.17) is 4.74 Å². The van der Waals surface area contributed by atoms with Crippen LogP contribution in [-0.4, -0.2) is 45.6 Å². The second kappa shape index (κ2) is 7.47. The largest absolute Gasteiger partial charge is 0.461 e. The van der Waals surface area contributed by atoms with E-state index in [-0.39, 0.29) is 12.3 Å². The first-order valence-electron chi connectivity index (χ1n) is 8.91. The van der Waals surface area contributed by atoms with E-state index in [2.05, 4.69) is 14.9 Å². The van der Waals surface area contributed by atoms with Crippen LogP contribution in [0.4, 0.5) is 0 Å². The zero-order valence-corrected chi connectivity index (χ0v) is 15.2. The number of benzene rings is 1. The molecule has 0 radical (unpaired) electrons. The predicted molar refractivity (Wildman–Crippen MR) is 97.0 cm³/mol. The highest BCUT2D eigenvalue weighted by Gasteiger charge is 2.34. The number of aryl methyl sites for hydroxylation is 1. The van der Waals surface area contributed by atoms with Crippen molar-refractivity contribution < 1.29 is 14.6 Å². The summed E-state index contributed by atoms with van der Waals surface area (Å²) in [5.41, 5.74) is 1.55. The fourth-order valence-corrected chi connectivity index (χ4v) is 3.37. The van der Waals surface area contributed by atoms with Crippen LogP contribution >= 0.6 is 0 Å².